The van der Waals surface area contributed by atoms with Crippen molar-refractivity contribution in [3.05, 3.63) is 35.4 Å². The van der Waals surface area contributed by atoms with E-state index in [1.165, 1.54) is 7.11 Å². The molecule has 2 atom stereocenters. The van der Waals surface area contributed by atoms with E-state index in [1.54, 1.807) is 29.2 Å². The minimum atomic E-state index is -0.549. The van der Waals surface area contributed by atoms with Gasteiger partial charge in [0, 0.05) is 25.2 Å². The van der Waals surface area contributed by atoms with Crippen molar-refractivity contribution in [1.29, 1.82) is 0 Å². The highest BCUT2D eigenvalue weighted by molar-refractivity contribution is 5.89. The lowest BCUT2D eigenvalue weighted by Gasteiger charge is -2.44. The molecule has 1 heterocycles. The number of benzene rings is 1. The first-order chi connectivity index (χ1) is 13.0. The Morgan fingerprint density at radius 1 is 1.04 bits per heavy atom. The van der Waals surface area contributed by atoms with Crippen LogP contribution in [0.3, 0.4) is 0 Å². The molecule has 154 valence electrons. The zero-order chi connectivity index (χ0) is 21.1. The molecule has 7 heteroatoms. The SMILES string of the molecule is COC(=O)c1ccc(CC(=O)N2[C@H](C)CN(C(=O)OC(C)(C)C)C[C@@H]2C)cc1. The monoisotopic (exact) mass is 390 g/mol. The molecule has 1 saturated heterocycles. The Hall–Kier alpha value is -2.57. The molecule has 0 bridgehead atoms. The average molecular weight is 390 g/mol. The van der Waals surface area contributed by atoms with Crippen LogP contribution in [-0.4, -0.2) is 65.7 Å². The third-order valence-corrected chi connectivity index (χ3v) is 4.59. The summed E-state index contributed by atoms with van der Waals surface area (Å²) in [5.41, 5.74) is 0.727. The normalized spacial score (nSPS) is 19.9. The van der Waals surface area contributed by atoms with Crippen LogP contribution in [0.1, 0.15) is 50.5 Å². The molecule has 0 saturated carbocycles. The van der Waals surface area contributed by atoms with Crippen molar-refractivity contribution in [3.8, 4) is 0 Å². The molecule has 1 aliphatic rings. The lowest BCUT2D eigenvalue weighted by molar-refractivity contribution is -0.138. The molecule has 1 aromatic rings. The van der Waals surface area contributed by atoms with E-state index in [1.807, 2.05) is 39.5 Å². The maximum Gasteiger partial charge on any atom is 0.410 e. The number of carbonyl (C=O) groups is 3. The van der Waals surface area contributed by atoms with E-state index in [0.29, 0.717) is 18.7 Å². The van der Waals surface area contributed by atoms with Crippen LogP contribution in [0.15, 0.2) is 24.3 Å². The van der Waals surface area contributed by atoms with Gasteiger partial charge in [-0.15, -0.1) is 0 Å². The van der Waals surface area contributed by atoms with Crippen LogP contribution in [0.5, 0.6) is 0 Å². The van der Waals surface area contributed by atoms with Gasteiger partial charge in [-0.05, 0) is 52.3 Å². The molecule has 0 radical (unpaired) electrons. The van der Waals surface area contributed by atoms with Gasteiger partial charge in [-0.2, -0.15) is 0 Å². The smallest absolute Gasteiger partial charge is 0.410 e. The van der Waals surface area contributed by atoms with Crippen LogP contribution in [-0.2, 0) is 20.7 Å². The lowest BCUT2D eigenvalue weighted by Crippen LogP contribution is -2.60. The summed E-state index contributed by atoms with van der Waals surface area (Å²) in [5.74, 6) is -0.409. The molecule has 0 aliphatic carbocycles. The van der Waals surface area contributed by atoms with Gasteiger partial charge in [-0.3, -0.25) is 4.79 Å². The maximum absolute atomic E-state index is 12.9. The van der Waals surface area contributed by atoms with Crippen LogP contribution in [0, 0.1) is 0 Å². The summed E-state index contributed by atoms with van der Waals surface area (Å²) in [5, 5.41) is 0. The van der Waals surface area contributed by atoms with Gasteiger partial charge in [0.1, 0.15) is 5.60 Å². The number of hydrogen-bond donors (Lipinski definition) is 0. The zero-order valence-corrected chi connectivity index (χ0v) is 17.5. The molecule has 2 amide bonds. The Bertz CT molecular complexity index is 711. The van der Waals surface area contributed by atoms with Crippen molar-refractivity contribution in [2.24, 2.45) is 0 Å². The predicted molar refractivity (Wildman–Crippen MR) is 105 cm³/mol. The number of amides is 2. The largest absolute Gasteiger partial charge is 0.465 e. The minimum absolute atomic E-state index is 0.00495. The molecule has 0 spiro atoms. The fourth-order valence-electron chi connectivity index (χ4n) is 3.43. The van der Waals surface area contributed by atoms with Gasteiger partial charge in [-0.1, -0.05) is 12.1 Å². The number of piperazine rings is 1. The highest BCUT2D eigenvalue weighted by atomic mass is 16.6. The number of hydrogen-bond acceptors (Lipinski definition) is 5. The van der Waals surface area contributed by atoms with Gasteiger partial charge < -0.3 is 19.3 Å². The third kappa shape index (κ3) is 5.47. The van der Waals surface area contributed by atoms with Crippen molar-refractivity contribution in [2.75, 3.05) is 20.2 Å². The minimum Gasteiger partial charge on any atom is -0.465 e. The van der Waals surface area contributed by atoms with Gasteiger partial charge in [0.25, 0.3) is 0 Å². The second kappa shape index (κ2) is 8.63. The van der Waals surface area contributed by atoms with Gasteiger partial charge in [0.15, 0.2) is 0 Å². The Morgan fingerprint density at radius 2 is 1.57 bits per heavy atom. The van der Waals surface area contributed by atoms with E-state index in [4.69, 9.17) is 4.74 Å². The van der Waals surface area contributed by atoms with Gasteiger partial charge in [0.05, 0.1) is 19.1 Å². The number of ether oxygens (including phenoxy) is 2. The van der Waals surface area contributed by atoms with Crippen molar-refractivity contribution in [2.45, 2.75) is 58.7 Å². The quantitative estimate of drug-likeness (QED) is 0.742. The third-order valence-electron chi connectivity index (χ3n) is 4.59. The van der Waals surface area contributed by atoms with Crippen LogP contribution in [0.4, 0.5) is 4.79 Å². The molecule has 0 N–H and O–H groups in total. The summed E-state index contributed by atoms with van der Waals surface area (Å²) in [6.07, 6.45) is -0.112. The Balaban J connectivity index is 2.00. The first-order valence-electron chi connectivity index (χ1n) is 9.48. The Labute approximate surface area is 166 Å². The number of methoxy groups -OCH3 is 1. The number of nitrogens with zero attached hydrogens (tertiary/aromatic N) is 2. The molecule has 0 aromatic heterocycles. The summed E-state index contributed by atoms with van der Waals surface area (Å²) in [6.45, 7) is 10.3. The summed E-state index contributed by atoms with van der Waals surface area (Å²) < 4.78 is 10.1. The molecule has 1 aliphatic heterocycles. The second-order valence-electron chi connectivity index (χ2n) is 8.25. The lowest BCUT2D eigenvalue weighted by atomic mass is 10.0. The molecule has 1 aromatic carbocycles. The topological polar surface area (TPSA) is 76.2 Å². The van der Waals surface area contributed by atoms with E-state index < -0.39 is 11.6 Å². The van der Waals surface area contributed by atoms with Crippen molar-refractivity contribution < 1.29 is 23.9 Å². The molecule has 2 rings (SSSR count). The highest BCUT2D eigenvalue weighted by Crippen LogP contribution is 2.20. The number of esters is 1. The van der Waals surface area contributed by atoms with E-state index in [-0.39, 0.29) is 30.5 Å². The zero-order valence-electron chi connectivity index (χ0n) is 17.5. The fraction of sp³-hybridized carbons (Fsp3) is 0.571. The first kappa shape index (κ1) is 21.7. The van der Waals surface area contributed by atoms with Gasteiger partial charge >= 0.3 is 12.1 Å². The summed E-state index contributed by atoms with van der Waals surface area (Å²) >= 11 is 0. The molecular formula is C21H30N2O5. The van der Waals surface area contributed by atoms with E-state index in [0.717, 1.165) is 5.56 Å². The van der Waals surface area contributed by atoms with Crippen molar-refractivity contribution >= 4 is 18.0 Å². The number of rotatable bonds is 3. The fourth-order valence-corrected chi connectivity index (χ4v) is 3.43. The van der Waals surface area contributed by atoms with Crippen LogP contribution < -0.4 is 0 Å². The molecular weight excluding hydrogens is 360 g/mol. The van der Waals surface area contributed by atoms with Crippen molar-refractivity contribution in [3.63, 3.8) is 0 Å². The summed E-state index contributed by atoms with van der Waals surface area (Å²) in [6, 6.07) is 6.60. The Kier molecular flexibility index (Phi) is 6.69. The van der Waals surface area contributed by atoms with E-state index >= 15 is 0 Å². The molecule has 28 heavy (non-hydrogen) atoms. The summed E-state index contributed by atoms with van der Waals surface area (Å²) in [7, 11) is 1.33. The molecule has 1 fully saturated rings. The van der Waals surface area contributed by atoms with Crippen LogP contribution in [0.25, 0.3) is 0 Å². The van der Waals surface area contributed by atoms with Crippen molar-refractivity contribution in [1.82, 2.24) is 9.80 Å². The van der Waals surface area contributed by atoms with Gasteiger partial charge in [-0.25, -0.2) is 9.59 Å². The van der Waals surface area contributed by atoms with Crippen LogP contribution in [0.2, 0.25) is 0 Å². The van der Waals surface area contributed by atoms with E-state index in [2.05, 4.69) is 4.74 Å². The first-order valence-corrected chi connectivity index (χ1v) is 9.48. The predicted octanol–water partition coefficient (Wildman–Crippen LogP) is 2.87. The molecule has 0 unspecified atom stereocenters. The second-order valence-corrected chi connectivity index (χ2v) is 8.25. The Morgan fingerprint density at radius 3 is 2.04 bits per heavy atom. The van der Waals surface area contributed by atoms with Crippen LogP contribution >= 0.6 is 0 Å². The highest BCUT2D eigenvalue weighted by Gasteiger charge is 2.36. The molecule has 7 nitrogen and oxygen atoms in total. The van der Waals surface area contributed by atoms with E-state index in [9.17, 15) is 14.4 Å². The van der Waals surface area contributed by atoms with Gasteiger partial charge in [0.2, 0.25) is 5.91 Å². The number of carbonyl (C=O) groups excluding carboxylic acids is 3. The standard InChI is InChI=1S/C21H30N2O5/c1-14-12-22(20(26)28-21(3,4)5)13-15(2)23(14)18(24)11-16-7-9-17(10-8-16)19(25)27-6/h7-10,14-15H,11-13H2,1-6H3/t14-,15+. The summed E-state index contributed by atoms with van der Waals surface area (Å²) in [4.78, 5) is 40.2. The maximum atomic E-state index is 12.9. The average Bonchev–Trinajstić information content (AvgIpc) is 2.59.